The predicted molar refractivity (Wildman–Crippen MR) is 49.7 cm³/mol. The van der Waals surface area contributed by atoms with Gasteiger partial charge in [-0.25, -0.2) is 4.21 Å². The number of benzene rings is 1. The van der Waals surface area contributed by atoms with Gasteiger partial charge in [0.15, 0.2) is 0 Å². The first-order valence-corrected chi connectivity index (χ1v) is 4.23. The third-order valence-electron chi connectivity index (χ3n) is 1.29. The summed E-state index contributed by atoms with van der Waals surface area (Å²) in [7, 11) is 0. The smallest absolute Gasteiger partial charge is 0.259 e. The number of anilines is 3. The number of hydrogen-bond donors (Lipinski definition) is 4. The van der Waals surface area contributed by atoms with Crippen LogP contribution in [0.4, 0.5) is 17.1 Å². The Balaban J connectivity index is 2.89. The van der Waals surface area contributed by atoms with Gasteiger partial charge < -0.3 is 11.5 Å². The molecule has 66 valence electrons. The normalized spacial score (nSPS) is 12.4. The van der Waals surface area contributed by atoms with Crippen LogP contribution in [0.3, 0.4) is 0 Å². The van der Waals surface area contributed by atoms with E-state index in [4.69, 9.17) is 16.0 Å². The van der Waals surface area contributed by atoms with Crippen molar-refractivity contribution >= 4 is 28.3 Å². The Morgan fingerprint density at radius 2 is 2.00 bits per heavy atom. The summed E-state index contributed by atoms with van der Waals surface area (Å²) in [6, 6.07) is 4.62. The molecule has 0 spiro atoms. The third kappa shape index (κ3) is 2.11. The van der Waals surface area contributed by atoms with Gasteiger partial charge in [-0.05, 0) is 18.2 Å². The van der Waals surface area contributed by atoms with Crippen molar-refractivity contribution in [2.24, 2.45) is 0 Å². The summed E-state index contributed by atoms with van der Waals surface area (Å²) in [4.78, 5) is 0. The maximum atomic E-state index is 10.3. The molecule has 1 atom stereocenters. The summed E-state index contributed by atoms with van der Waals surface area (Å²) >= 11 is -2.08. The highest BCUT2D eigenvalue weighted by atomic mass is 32.2. The van der Waals surface area contributed by atoms with Gasteiger partial charge in [-0.15, -0.1) is 0 Å². The summed E-state index contributed by atoms with van der Waals surface area (Å²) in [5.74, 6) is 0. The molecule has 0 aromatic heterocycles. The van der Waals surface area contributed by atoms with Crippen molar-refractivity contribution in [1.82, 2.24) is 0 Å². The van der Waals surface area contributed by atoms with E-state index < -0.39 is 11.3 Å². The van der Waals surface area contributed by atoms with E-state index in [0.717, 1.165) is 0 Å². The van der Waals surface area contributed by atoms with Gasteiger partial charge >= 0.3 is 0 Å². The van der Waals surface area contributed by atoms with Gasteiger partial charge in [-0.3, -0.25) is 9.27 Å². The summed E-state index contributed by atoms with van der Waals surface area (Å²) in [6.45, 7) is 0. The summed E-state index contributed by atoms with van der Waals surface area (Å²) < 4.78 is 21.0. The van der Waals surface area contributed by atoms with Crippen molar-refractivity contribution in [3.05, 3.63) is 18.2 Å². The fraction of sp³-hybridized carbons (Fsp3) is 0. The zero-order valence-electron chi connectivity index (χ0n) is 6.15. The van der Waals surface area contributed by atoms with Crippen molar-refractivity contribution < 1.29 is 8.76 Å². The highest BCUT2D eigenvalue weighted by Crippen LogP contribution is 2.19. The fourth-order valence-electron chi connectivity index (χ4n) is 0.739. The van der Waals surface area contributed by atoms with E-state index in [9.17, 15) is 4.21 Å². The van der Waals surface area contributed by atoms with Gasteiger partial charge in [0, 0.05) is 0 Å². The first-order valence-electron chi connectivity index (χ1n) is 3.12. The second-order valence-corrected chi connectivity index (χ2v) is 2.90. The molecule has 1 aromatic carbocycles. The zero-order chi connectivity index (χ0) is 9.14. The van der Waals surface area contributed by atoms with Crippen LogP contribution in [0.15, 0.2) is 18.2 Å². The van der Waals surface area contributed by atoms with Crippen LogP contribution in [0.5, 0.6) is 0 Å². The van der Waals surface area contributed by atoms with E-state index in [0.29, 0.717) is 17.1 Å². The molecule has 5 nitrogen and oxygen atoms in total. The third-order valence-corrected chi connectivity index (χ3v) is 1.70. The minimum Gasteiger partial charge on any atom is -0.397 e. The highest BCUT2D eigenvalue weighted by molar-refractivity contribution is 7.80. The molecule has 12 heavy (non-hydrogen) atoms. The van der Waals surface area contributed by atoms with E-state index >= 15 is 0 Å². The fourth-order valence-corrected chi connectivity index (χ4v) is 1.07. The summed E-state index contributed by atoms with van der Waals surface area (Å²) in [6.07, 6.45) is 0. The van der Waals surface area contributed by atoms with Gasteiger partial charge in [-0.1, -0.05) is 0 Å². The first-order chi connectivity index (χ1) is 5.59. The lowest BCUT2D eigenvalue weighted by Crippen LogP contribution is -2.03. The number of nitrogens with two attached hydrogens (primary N) is 2. The molecule has 0 radical (unpaired) electrons. The van der Waals surface area contributed by atoms with Crippen LogP contribution in [0, 0.1) is 0 Å². The largest absolute Gasteiger partial charge is 0.397 e. The molecule has 6 N–H and O–H groups in total. The number of rotatable bonds is 2. The number of nitrogens with one attached hydrogen (secondary N) is 1. The van der Waals surface area contributed by atoms with Crippen LogP contribution in [0.25, 0.3) is 0 Å². The Bertz CT molecular complexity index is 316. The Morgan fingerprint density at radius 1 is 1.33 bits per heavy atom. The Morgan fingerprint density at radius 3 is 2.50 bits per heavy atom. The Hall–Kier alpha value is -1.27. The molecule has 0 saturated carbocycles. The number of nitrogen functional groups attached to an aromatic ring is 2. The molecule has 0 aliphatic carbocycles. The Labute approximate surface area is 72.2 Å². The molecule has 0 aliphatic rings. The average molecular weight is 187 g/mol. The van der Waals surface area contributed by atoms with Crippen LogP contribution in [0.2, 0.25) is 0 Å². The lowest BCUT2D eigenvalue weighted by atomic mass is 10.2. The standard InChI is InChI=1S/C6H9N3O2S/c7-5-2-1-4(3-6(5)8)9-12(10)11/h1-3,9H,7-8H2,(H,10,11). The molecule has 1 unspecified atom stereocenters. The molecule has 6 heteroatoms. The van der Waals surface area contributed by atoms with Gasteiger partial charge in [0.1, 0.15) is 0 Å². The minimum atomic E-state index is -2.08. The van der Waals surface area contributed by atoms with Crippen LogP contribution in [-0.2, 0) is 11.3 Å². The maximum Gasteiger partial charge on any atom is 0.259 e. The first kappa shape index (κ1) is 8.82. The van der Waals surface area contributed by atoms with E-state index in [1.807, 2.05) is 0 Å². The van der Waals surface area contributed by atoms with Crippen molar-refractivity contribution in [2.45, 2.75) is 0 Å². The quantitative estimate of drug-likeness (QED) is 0.397. The van der Waals surface area contributed by atoms with Gasteiger partial charge in [0.25, 0.3) is 11.3 Å². The van der Waals surface area contributed by atoms with Crippen LogP contribution in [-0.4, -0.2) is 8.76 Å². The van der Waals surface area contributed by atoms with E-state index in [1.165, 1.54) is 6.07 Å². The van der Waals surface area contributed by atoms with E-state index in [2.05, 4.69) is 4.72 Å². The van der Waals surface area contributed by atoms with Crippen molar-refractivity contribution in [3.8, 4) is 0 Å². The summed E-state index contributed by atoms with van der Waals surface area (Å²) in [5, 5.41) is 0. The minimum absolute atomic E-state index is 0.380. The molecule has 0 fully saturated rings. The second-order valence-electron chi connectivity index (χ2n) is 2.19. The average Bonchev–Trinajstić information content (AvgIpc) is 1.96. The predicted octanol–water partition coefficient (Wildman–Crippen LogP) is 0.400. The topological polar surface area (TPSA) is 101 Å². The van der Waals surface area contributed by atoms with E-state index in [1.54, 1.807) is 12.1 Å². The lowest BCUT2D eigenvalue weighted by Gasteiger charge is -2.03. The summed E-state index contributed by atoms with van der Waals surface area (Å²) in [5.41, 5.74) is 12.2. The zero-order valence-corrected chi connectivity index (χ0v) is 6.97. The molecule has 0 saturated heterocycles. The molecule has 1 rings (SSSR count). The molecule has 0 heterocycles. The van der Waals surface area contributed by atoms with Crippen molar-refractivity contribution in [2.75, 3.05) is 16.2 Å². The van der Waals surface area contributed by atoms with Gasteiger partial charge in [0.2, 0.25) is 0 Å². The number of hydrogen-bond acceptors (Lipinski definition) is 3. The van der Waals surface area contributed by atoms with Crippen LogP contribution >= 0.6 is 0 Å². The van der Waals surface area contributed by atoms with Gasteiger partial charge in [-0.2, -0.15) is 0 Å². The molecule has 0 aliphatic heterocycles. The lowest BCUT2D eigenvalue weighted by molar-refractivity contribution is 0.570. The SMILES string of the molecule is Nc1ccc(NS(=O)O)cc1N. The molecule has 0 bridgehead atoms. The van der Waals surface area contributed by atoms with Crippen LogP contribution < -0.4 is 16.2 Å². The van der Waals surface area contributed by atoms with Crippen LogP contribution in [0.1, 0.15) is 0 Å². The van der Waals surface area contributed by atoms with Gasteiger partial charge in [0.05, 0.1) is 17.1 Å². The van der Waals surface area contributed by atoms with Crippen molar-refractivity contribution in [1.29, 1.82) is 0 Å². The molecular formula is C6H9N3O2S. The Kier molecular flexibility index (Phi) is 2.51. The molecule has 1 aromatic rings. The molecule has 0 amide bonds. The highest BCUT2D eigenvalue weighted by Gasteiger charge is 1.98. The van der Waals surface area contributed by atoms with E-state index in [-0.39, 0.29) is 0 Å². The maximum absolute atomic E-state index is 10.3. The molecular weight excluding hydrogens is 178 g/mol. The van der Waals surface area contributed by atoms with Crippen molar-refractivity contribution in [3.63, 3.8) is 0 Å². The second kappa shape index (κ2) is 3.42. The monoisotopic (exact) mass is 187 g/mol.